The van der Waals surface area contributed by atoms with Gasteiger partial charge in [-0.3, -0.25) is 0 Å². The molecule has 0 saturated carbocycles. The van der Waals surface area contributed by atoms with Crippen LogP contribution in [0, 0.1) is 13.8 Å². The molecular weight excluding hydrogens is 240 g/mol. The average molecular weight is 250 g/mol. The van der Waals surface area contributed by atoms with Gasteiger partial charge in [0, 0.05) is 11.5 Å². The second kappa shape index (κ2) is 4.46. The number of carbonyl (C=O) groups is 1. The van der Waals surface area contributed by atoms with E-state index in [1.807, 2.05) is 0 Å². The maximum absolute atomic E-state index is 10.8. The van der Waals surface area contributed by atoms with Crippen LogP contribution in [0.25, 0.3) is 0 Å². The Bertz CT molecular complexity index is 567. The summed E-state index contributed by atoms with van der Waals surface area (Å²) in [4.78, 5) is 19.1. The van der Waals surface area contributed by atoms with E-state index >= 15 is 0 Å². The number of nitrogens with one attached hydrogen (secondary N) is 1. The molecule has 0 bridgehead atoms. The molecule has 2 N–H and O–H groups in total. The number of carboxylic acids is 1. The van der Waals surface area contributed by atoms with E-state index < -0.39 is 5.97 Å². The minimum absolute atomic E-state index is 0.198. The summed E-state index contributed by atoms with van der Waals surface area (Å²) in [5.74, 6) is 0.272. The van der Waals surface area contributed by atoms with E-state index in [2.05, 4.69) is 19.7 Å². The zero-order valence-corrected chi connectivity index (χ0v) is 10.1. The van der Waals surface area contributed by atoms with Crippen LogP contribution in [0.1, 0.15) is 21.9 Å². The number of anilines is 2. The molecule has 0 saturated heterocycles. The van der Waals surface area contributed by atoms with Crippen molar-refractivity contribution < 1.29 is 9.90 Å². The number of nitrogens with zero attached hydrogens (tertiary/aromatic N) is 3. The van der Waals surface area contributed by atoms with E-state index in [1.54, 1.807) is 19.9 Å². The molecule has 0 spiro atoms. The number of hydrogen-bond donors (Lipinski definition) is 2. The second-order valence-electron chi connectivity index (χ2n) is 3.41. The van der Waals surface area contributed by atoms with Crippen LogP contribution in [0.3, 0.4) is 0 Å². The first-order chi connectivity index (χ1) is 8.06. The van der Waals surface area contributed by atoms with Crippen molar-refractivity contribution in [2.75, 3.05) is 5.32 Å². The topological polar surface area (TPSA) is 88.0 Å². The third kappa shape index (κ3) is 2.56. The first kappa shape index (κ1) is 11.5. The van der Waals surface area contributed by atoms with E-state index in [0.29, 0.717) is 22.5 Å². The normalized spacial score (nSPS) is 10.2. The minimum Gasteiger partial charge on any atom is -0.478 e. The Kier molecular flexibility index (Phi) is 3.01. The van der Waals surface area contributed by atoms with Gasteiger partial charge in [-0.15, -0.1) is 0 Å². The second-order valence-corrected chi connectivity index (χ2v) is 4.16. The molecule has 2 aromatic heterocycles. The van der Waals surface area contributed by atoms with Crippen molar-refractivity contribution in [3.63, 3.8) is 0 Å². The molecule has 6 nitrogen and oxygen atoms in total. The first-order valence-corrected chi connectivity index (χ1v) is 5.62. The maximum atomic E-state index is 10.8. The highest BCUT2D eigenvalue weighted by Crippen LogP contribution is 2.18. The van der Waals surface area contributed by atoms with Crippen molar-refractivity contribution in [3.05, 3.63) is 29.2 Å². The Labute approximate surface area is 102 Å². The molecule has 0 radical (unpaired) electrons. The molecular formula is C10H10N4O2S. The summed E-state index contributed by atoms with van der Waals surface area (Å²) >= 11 is 1.23. The van der Waals surface area contributed by atoms with Gasteiger partial charge >= 0.3 is 5.97 Å². The lowest BCUT2D eigenvalue weighted by Gasteiger charge is -2.04. The van der Waals surface area contributed by atoms with Gasteiger partial charge in [-0.2, -0.15) is 4.37 Å². The SMILES string of the molecule is Cc1nsc(Nc2ccc(C(=O)O)c(C)n2)n1. The predicted molar refractivity (Wildman–Crippen MR) is 63.9 cm³/mol. The average Bonchev–Trinajstić information content (AvgIpc) is 2.63. The number of aryl methyl sites for hydroxylation is 2. The Hall–Kier alpha value is -2.02. The fraction of sp³-hybridized carbons (Fsp3) is 0.200. The fourth-order valence-corrected chi connectivity index (χ4v) is 1.90. The predicted octanol–water partition coefficient (Wildman–Crippen LogP) is 1.99. The van der Waals surface area contributed by atoms with Crippen LogP contribution >= 0.6 is 11.5 Å². The molecule has 0 fully saturated rings. The summed E-state index contributed by atoms with van der Waals surface area (Å²) in [6, 6.07) is 3.12. The molecule has 0 aliphatic heterocycles. The smallest absolute Gasteiger partial charge is 0.337 e. The number of hydrogen-bond acceptors (Lipinski definition) is 6. The Balaban J connectivity index is 2.23. The Morgan fingerprint density at radius 2 is 2.12 bits per heavy atom. The van der Waals surface area contributed by atoms with Gasteiger partial charge in [-0.05, 0) is 26.0 Å². The Morgan fingerprint density at radius 1 is 1.35 bits per heavy atom. The third-order valence-electron chi connectivity index (χ3n) is 2.08. The van der Waals surface area contributed by atoms with Crippen LogP contribution in [0.4, 0.5) is 10.9 Å². The fourth-order valence-electron chi connectivity index (χ4n) is 1.31. The lowest BCUT2D eigenvalue weighted by molar-refractivity contribution is 0.0695. The molecule has 0 aromatic carbocycles. The monoisotopic (exact) mass is 250 g/mol. The molecule has 0 atom stereocenters. The van der Waals surface area contributed by atoms with Crippen molar-refractivity contribution in [1.82, 2.24) is 14.3 Å². The van der Waals surface area contributed by atoms with Crippen molar-refractivity contribution in [2.45, 2.75) is 13.8 Å². The summed E-state index contributed by atoms with van der Waals surface area (Å²) in [7, 11) is 0. The minimum atomic E-state index is -0.978. The molecule has 7 heteroatoms. The molecule has 17 heavy (non-hydrogen) atoms. The summed E-state index contributed by atoms with van der Waals surface area (Å²) in [5.41, 5.74) is 0.660. The van der Waals surface area contributed by atoms with E-state index in [-0.39, 0.29) is 5.56 Å². The van der Waals surface area contributed by atoms with Crippen molar-refractivity contribution in [2.24, 2.45) is 0 Å². The van der Waals surface area contributed by atoms with Crippen LogP contribution in [0.5, 0.6) is 0 Å². The van der Waals surface area contributed by atoms with Crippen molar-refractivity contribution in [1.29, 1.82) is 0 Å². The van der Waals surface area contributed by atoms with Crippen LogP contribution in [0.2, 0.25) is 0 Å². The molecule has 0 amide bonds. The van der Waals surface area contributed by atoms with Crippen molar-refractivity contribution in [3.8, 4) is 0 Å². The van der Waals surface area contributed by atoms with Gasteiger partial charge in [0.25, 0.3) is 0 Å². The number of carboxylic acid groups (broad SMARTS) is 1. The van der Waals surface area contributed by atoms with Gasteiger partial charge in [0.05, 0.1) is 11.3 Å². The first-order valence-electron chi connectivity index (χ1n) is 4.84. The number of aromatic carboxylic acids is 1. The van der Waals surface area contributed by atoms with Gasteiger partial charge in [0.15, 0.2) is 0 Å². The largest absolute Gasteiger partial charge is 0.478 e. The molecule has 0 unspecified atom stereocenters. The van der Waals surface area contributed by atoms with Crippen molar-refractivity contribution >= 4 is 28.5 Å². The summed E-state index contributed by atoms with van der Waals surface area (Å²) in [6.45, 7) is 3.45. The highest BCUT2D eigenvalue weighted by Gasteiger charge is 2.09. The van der Waals surface area contributed by atoms with Crippen LogP contribution < -0.4 is 5.32 Å². The van der Waals surface area contributed by atoms with Gasteiger partial charge in [-0.25, -0.2) is 14.8 Å². The van der Waals surface area contributed by atoms with E-state index in [0.717, 1.165) is 0 Å². The van der Waals surface area contributed by atoms with Crippen LogP contribution in [-0.4, -0.2) is 25.4 Å². The van der Waals surface area contributed by atoms with E-state index in [1.165, 1.54) is 17.6 Å². The van der Waals surface area contributed by atoms with Gasteiger partial charge in [0.2, 0.25) is 5.13 Å². The summed E-state index contributed by atoms with van der Waals surface area (Å²) in [5, 5.41) is 12.5. The highest BCUT2D eigenvalue weighted by molar-refractivity contribution is 7.09. The molecule has 2 rings (SSSR count). The van der Waals surface area contributed by atoms with Gasteiger partial charge in [0.1, 0.15) is 11.6 Å². The number of rotatable bonds is 3. The quantitative estimate of drug-likeness (QED) is 0.866. The molecule has 2 heterocycles. The zero-order chi connectivity index (χ0) is 12.4. The van der Waals surface area contributed by atoms with E-state index in [9.17, 15) is 4.79 Å². The maximum Gasteiger partial charge on any atom is 0.337 e. The number of aromatic nitrogens is 3. The Morgan fingerprint density at radius 3 is 2.65 bits per heavy atom. The molecule has 0 aliphatic rings. The van der Waals surface area contributed by atoms with Crippen LogP contribution in [0.15, 0.2) is 12.1 Å². The van der Waals surface area contributed by atoms with Gasteiger partial charge < -0.3 is 10.4 Å². The summed E-state index contributed by atoms with van der Waals surface area (Å²) in [6.07, 6.45) is 0. The molecule has 2 aromatic rings. The lowest BCUT2D eigenvalue weighted by atomic mass is 10.2. The highest BCUT2D eigenvalue weighted by atomic mass is 32.1. The van der Waals surface area contributed by atoms with E-state index in [4.69, 9.17) is 5.11 Å². The third-order valence-corrected chi connectivity index (χ3v) is 2.80. The molecule has 88 valence electrons. The zero-order valence-electron chi connectivity index (χ0n) is 9.26. The number of pyridine rings is 1. The summed E-state index contributed by atoms with van der Waals surface area (Å²) < 4.78 is 4.03. The lowest BCUT2D eigenvalue weighted by Crippen LogP contribution is -2.03. The molecule has 0 aliphatic carbocycles. The standard InChI is InChI=1S/C10H10N4O2S/c1-5-7(9(15)16)3-4-8(11-5)13-10-12-6(2)14-17-10/h3-4H,1-2H3,(H,15,16)(H,11,12,13,14). The van der Waals surface area contributed by atoms with Crippen LogP contribution in [-0.2, 0) is 0 Å². The van der Waals surface area contributed by atoms with Gasteiger partial charge in [-0.1, -0.05) is 0 Å².